The molecule has 0 unspecified atom stereocenters. The largest absolute Gasteiger partial charge is 0.354 e. The normalized spacial score (nSPS) is 11.2. The first kappa shape index (κ1) is 24.5. The summed E-state index contributed by atoms with van der Waals surface area (Å²) in [5.41, 5.74) is 3.43. The monoisotopic (exact) mass is 511 g/mol. The van der Waals surface area contributed by atoms with Gasteiger partial charge in [-0.1, -0.05) is 84.4 Å². The topological polar surface area (TPSA) is 81.8 Å². The standard InChI is InChI=1S/C29H26ClN5O2/c30-24-13-7-8-21(16-24)19-34-20-32-28-26(29(34)37)18-33-35(28)15-14-31-27(36)17-25(22-9-3-1-4-10-22)23-11-5-2-6-12-23/h1-13,16,18,20,25H,14-15,17,19H2,(H,31,36). The Labute approximate surface area is 219 Å². The predicted octanol–water partition coefficient (Wildman–Crippen LogP) is 4.63. The van der Waals surface area contributed by atoms with Gasteiger partial charge in [-0.3, -0.25) is 14.2 Å². The lowest BCUT2D eigenvalue weighted by atomic mass is 9.88. The van der Waals surface area contributed by atoms with E-state index >= 15 is 0 Å². The third kappa shape index (κ3) is 5.78. The third-order valence-electron chi connectivity index (χ3n) is 6.30. The maximum Gasteiger partial charge on any atom is 0.264 e. The van der Waals surface area contributed by atoms with Gasteiger partial charge in [0.15, 0.2) is 5.65 Å². The van der Waals surface area contributed by atoms with Crippen LogP contribution in [0.2, 0.25) is 5.02 Å². The number of aromatic nitrogens is 4. The van der Waals surface area contributed by atoms with Gasteiger partial charge in [0.05, 0.1) is 19.3 Å². The van der Waals surface area contributed by atoms with Crippen molar-refractivity contribution in [3.8, 4) is 0 Å². The van der Waals surface area contributed by atoms with E-state index in [1.54, 1.807) is 10.7 Å². The zero-order valence-electron chi connectivity index (χ0n) is 20.1. The molecule has 0 saturated heterocycles. The molecule has 2 aromatic heterocycles. The summed E-state index contributed by atoms with van der Waals surface area (Å²) in [6, 6.07) is 27.5. The van der Waals surface area contributed by atoms with E-state index in [0.29, 0.717) is 42.1 Å². The summed E-state index contributed by atoms with van der Waals surface area (Å²) in [4.78, 5) is 30.3. The van der Waals surface area contributed by atoms with Crippen LogP contribution in [0.15, 0.2) is 102 Å². The Balaban J connectivity index is 1.24. The molecule has 8 heteroatoms. The van der Waals surface area contributed by atoms with Crippen LogP contribution >= 0.6 is 11.6 Å². The van der Waals surface area contributed by atoms with Crippen LogP contribution in [-0.4, -0.2) is 31.8 Å². The average Bonchev–Trinajstić information content (AvgIpc) is 3.33. The number of nitrogens with one attached hydrogen (secondary N) is 1. The summed E-state index contributed by atoms with van der Waals surface area (Å²) in [6.45, 7) is 1.15. The van der Waals surface area contributed by atoms with Gasteiger partial charge in [-0.25, -0.2) is 9.67 Å². The molecule has 0 radical (unpaired) electrons. The number of fused-ring (bicyclic) bond motifs is 1. The first-order chi connectivity index (χ1) is 18.1. The van der Waals surface area contributed by atoms with Crippen molar-refractivity contribution in [2.24, 2.45) is 0 Å². The van der Waals surface area contributed by atoms with Crippen molar-refractivity contribution in [2.75, 3.05) is 6.54 Å². The number of benzene rings is 3. The van der Waals surface area contributed by atoms with Crippen LogP contribution in [0.4, 0.5) is 0 Å². The van der Waals surface area contributed by atoms with Crippen molar-refractivity contribution in [2.45, 2.75) is 25.4 Å². The van der Waals surface area contributed by atoms with E-state index in [1.165, 1.54) is 17.1 Å². The van der Waals surface area contributed by atoms with Crippen molar-refractivity contribution in [1.29, 1.82) is 0 Å². The molecule has 1 amide bonds. The highest BCUT2D eigenvalue weighted by molar-refractivity contribution is 6.30. The lowest BCUT2D eigenvalue weighted by molar-refractivity contribution is -0.121. The Bertz CT molecular complexity index is 1520. The lowest BCUT2D eigenvalue weighted by Gasteiger charge is -2.18. The quantitative estimate of drug-likeness (QED) is 0.313. The van der Waals surface area contributed by atoms with E-state index in [1.807, 2.05) is 78.9 Å². The van der Waals surface area contributed by atoms with Crippen molar-refractivity contribution in [3.63, 3.8) is 0 Å². The summed E-state index contributed by atoms with van der Waals surface area (Å²) in [5, 5.41) is 8.39. The number of rotatable bonds is 9. The highest BCUT2D eigenvalue weighted by Crippen LogP contribution is 2.27. The van der Waals surface area contributed by atoms with Crippen molar-refractivity contribution < 1.29 is 4.79 Å². The second-order valence-electron chi connectivity index (χ2n) is 8.84. The molecule has 37 heavy (non-hydrogen) atoms. The van der Waals surface area contributed by atoms with E-state index in [2.05, 4.69) is 15.4 Å². The number of halogens is 1. The van der Waals surface area contributed by atoms with E-state index in [0.717, 1.165) is 16.7 Å². The highest BCUT2D eigenvalue weighted by Gasteiger charge is 2.18. The fourth-order valence-corrected chi connectivity index (χ4v) is 4.68. The van der Waals surface area contributed by atoms with Crippen LogP contribution in [-0.2, 0) is 17.9 Å². The predicted molar refractivity (Wildman–Crippen MR) is 145 cm³/mol. The molecule has 0 aliphatic heterocycles. The zero-order valence-corrected chi connectivity index (χ0v) is 20.9. The van der Waals surface area contributed by atoms with Crippen LogP contribution in [0.1, 0.15) is 29.0 Å². The Hall–Kier alpha value is -4.23. The smallest absolute Gasteiger partial charge is 0.264 e. The Morgan fingerprint density at radius 1 is 0.946 bits per heavy atom. The molecule has 0 spiro atoms. The molecule has 0 aliphatic carbocycles. The molecule has 5 rings (SSSR count). The molecular formula is C29H26ClN5O2. The van der Waals surface area contributed by atoms with Gasteiger partial charge in [0.1, 0.15) is 11.7 Å². The summed E-state index contributed by atoms with van der Waals surface area (Å²) in [6.07, 6.45) is 3.38. The molecule has 0 fully saturated rings. The van der Waals surface area contributed by atoms with E-state index in [4.69, 9.17) is 11.6 Å². The van der Waals surface area contributed by atoms with Crippen LogP contribution in [0, 0.1) is 0 Å². The first-order valence-corrected chi connectivity index (χ1v) is 12.5. The van der Waals surface area contributed by atoms with Crippen LogP contribution in [0.3, 0.4) is 0 Å². The summed E-state index contributed by atoms with van der Waals surface area (Å²) in [5.74, 6) is -0.0847. The van der Waals surface area contributed by atoms with E-state index < -0.39 is 0 Å². The van der Waals surface area contributed by atoms with Gasteiger partial charge >= 0.3 is 0 Å². The Kier molecular flexibility index (Phi) is 7.42. The molecule has 0 bridgehead atoms. The van der Waals surface area contributed by atoms with Gasteiger partial charge in [-0.15, -0.1) is 0 Å². The van der Waals surface area contributed by atoms with Gasteiger partial charge < -0.3 is 5.32 Å². The molecule has 186 valence electrons. The first-order valence-electron chi connectivity index (χ1n) is 12.1. The SMILES string of the molecule is O=C(CC(c1ccccc1)c1ccccc1)NCCn1ncc2c(=O)n(Cc3cccc(Cl)c3)cnc21. The number of nitrogens with zero attached hydrogens (tertiary/aromatic N) is 4. The molecule has 0 aliphatic rings. The van der Waals surface area contributed by atoms with Crippen molar-refractivity contribution in [1.82, 2.24) is 24.6 Å². The second kappa shape index (κ2) is 11.2. The summed E-state index contributed by atoms with van der Waals surface area (Å²) in [7, 11) is 0. The molecule has 1 N–H and O–H groups in total. The minimum Gasteiger partial charge on any atom is -0.354 e. The summed E-state index contributed by atoms with van der Waals surface area (Å²) < 4.78 is 3.18. The average molecular weight is 512 g/mol. The highest BCUT2D eigenvalue weighted by atomic mass is 35.5. The van der Waals surface area contributed by atoms with Gasteiger partial charge in [-0.05, 0) is 28.8 Å². The van der Waals surface area contributed by atoms with E-state index in [-0.39, 0.29) is 17.4 Å². The fourth-order valence-electron chi connectivity index (χ4n) is 4.46. The summed E-state index contributed by atoms with van der Waals surface area (Å²) >= 11 is 6.06. The number of amides is 1. The number of hydrogen-bond acceptors (Lipinski definition) is 4. The Morgan fingerprint density at radius 2 is 1.65 bits per heavy atom. The molecular weight excluding hydrogens is 486 g/mol. The molecule has 0 saturated carbocycles. The lowest BCUT2D eigenvalue weighted by Crippen LogP contribution is -2.29. The maximum absolute atomic E-state index is 13.0. The van der Waals surface area contributed by atoms with Crippen LogP contribution < -0.4 is 10.9 Å². The van der Waals surface area contributed by atoms with Gasteiger partial charge in [0.25, 0.3) is 5.56 Å². The molecule has 2 heterocycles. The fraction of sp³-hybridized carbons (Fsp3) is 0.172. The minimum atomic E-state index is -0.172. The third-order valence-corrected chi connectivity index (χ3v) is 6.54. The van der Waals surface area contributed by atoms with Gasteiger partial charge in [0, 0.05) is 23.9 Å². The number of hydrogen-bond donors (Lipinski definition) is 1. The van der Waals surface area contributed by atoms with Gasteiger partial charge in [-0.2, -0.15) is 5.10 Å². The number of carbonyl (C=O) groups is 1. The zero-order chi connectivity index (χ0) is 25.6. The van der Waals surface area contributed by atoms with Crippen LogP contribution in [0.25, 0.3) is 11.0 Å². The van der Waals surface area contributed by atoms with Crippen molar-refractivity contribution >= 4 is 28.5 Å². The second-order valence-corrected chi connectivity index (χ2v) is 9.28. The van der Waals surface area contributed by atoms with Gasteiger partial charge in [0.2, 0.25) is 5.91 Å². The van der Waals surface area contributed by atoms with Crippen LogP contribution in [0.5, 0.6) is 0 Å². The molecule has 0 atom stereocenters. The molecule has 7 nitrogen and oxygen atoms in total. The molecule has 3 aromatic carbocycles. The number of carbonyl (C=O) groups excluding carboxylic acids is 1. The molecule has 5 aromatic rings. The van der Waals surface area contributed by atoms with Crippen molar-refractivity contribution in [3.05, 3.63) is 130 Å². The van der Waals surface area contributed by atoms with E-state index in [9.17, 15) is 9.59 Å². The Morgan fingerprint density at radius 3 is 2.32 bits per heavy atom. The minimum absolute atomic E-state index is 0.0347. The maximum atomic E-state index is 13.0.